The van der Waals surface area contributed by atoms with E-state index in [2.05, 4.69) is 51.8 Å². The molecular weight excluding hydrogens is 244 g/mol. The van der Waals surface area contributed by atoms with Crippen molar-refractivity contribution >= 4 is 0 Å². The summed E-state index contributed by atoms with van der Waals surface area (Å²) < 4.78 is 0. The quantitative estimate of drug-likeness (QED) is 0.687. The maximum atomic E-state index is 3.60. The van der Waals surface area contributed by atoms with E-state index in [1.165, 1.54) is 52.0 Å². The third kappa shape index (κ3) is 5.73. The lowest BCUT2D eigenvalue weighted by Gasteiger charge is -2.38. The smallest absolute Gasteiger partial charge is 0.00531 e. The van der Waals surface area contributed by atoms with Crippen molar-refractivity contribution in [3.05, 3.63) is 0 Å². The van der Waals surface area contributed by atoms with Crippen molar-refractivity contribution in [1.82, 2.24) is 10.2 Å². The Kier molecular flexibility index (Phi) is 7.53. The number of hydrogen-bond acceptors (Lipinski definition) is 2. The summed E-state index contributed by atoms with van der Waals surface area (Å²) in [6.07, 6.45) is 4.02. The predicted octanol–water partition coefficient (Wildman–Crippen LogP) is 4.02. The fraction of sp³-hybridized carbons (Fsp3) is 1.00. The van der Waals surface area contributed by atoms with Crippen LogP contribution in [-0.2, 0) is 0 Å². The van der Waals surface area contributed by atoms with Gasteiger partial charge in [0.2, 0.25) is 0 Å². The molecular formula is C18H38N2. The van der Waals surface area contributed by atoms with Crippen LogP contribution in [0.3, 0.4) is 0 Å². The average molecular weight is 283 g/mol. The molecule has 0 aliphatic carbocycles. The molecule has 20 heavy (non-hydrogen) atoms. The van der Waals surface area contributed by atoms with Crippen molar-refractivity contribution in [2.24, 2.45) is 23.2 Å². The van der Waals surface area contributed by atoms with Crippen LogP contribution in [0.25, 0.3) is 0 Å². The predicted molar refractivity (Wildman–Crippen MR) is 90.1 cm³/mol. The van der Waals surface area contributed by atoms with E-state index in [1.54, 1.807) is 0 Å². The first kappa shape index (κ1) is 18.0. The molecule has 1 heterocycles. The van der Waals surface area contributed by atoms with Crippen molar-refractivity contribution < 1.29 is 0 Å². The summed E-state index contributed by atoms with van der Waals surface area (Å²) in [5.74, 6) is 2.40. The van der Waals surface area contributed by atoms with Crippen LogP contribution in [0.5, 0.6) is 0 Å². The first-order chi connectivity index (χ1) is 9.35. The van der Waals surface area contributed by atoms with E-state index < -0.39 is 0 Å². The first-order valence-electron chi connectivity index (χ1n) is 8.79. The molecule has 1 saturated heterocycles. The van der Waals surface area contributed by atoms with E-state index in [0.717, 1.165) is 17.8 Å². The number of rotatable bonds is 9. The molecule has 2 heteroatoms. The van der Waals surface area contributed by atoms with Crippen molar-refractivity contribution in [3.63, 3.8) is 0 Å². The van der Waals surface area contributed by atoms with Crippen LogP contribution in [0.1, 0.15) is 60.8 Å². The van der Waals surface area contributed by atoms with E-state index >= 15 is 0 Å². The van der Waals surface area contributed by atoms with Crippen molar-refractivity contribution in [3.8, 4) is 0 Å². The van der Waals surface area contributed by atoms with E-state index in [4.69, 9.17) is 0 Å². The molecule has 0 aromatic heterocycles. The maximum Gasteiger partial charge on any atom is 0.00531 e. The minimum atomic E-state index is 0.508. The fourth-order valence-corrected chi connectivity index (χ4v) is 3.17. The van der Waals surface area contributed by atoms with Crippen LogP contribution in [0.15, 0.2) is 0 Å². The molecule has 1 aliphatic rings. The van der Waals surface area contributed by atoms with E-state index in [0.29, 0.717) is 5.41 Å². The Labute approximate surface area is 127 Å². The van der Waals surface area contributed by atoms with Gasteiger partial charge in [-0.3, -0.25) is 0 Å². The molecule has 1 fully saturated rings. The second-order valence-corrected chi connectivity index (χ2v) is 8.09. The van der Waals surface area contributed by atoms with Gasteiger partial charge in [-0.25, -0.2) is 0 Å². The van der Waals surface area contributed by atoms with Gasteiger partial charge in [0.15, 0.2) is 0 Å². The van der Waals surface area contributed by atoms with Crippen LogP contribution in [0, 0.1) is 23.2 Å². The Hall–Kier alpha value is -0.0800. The summed E-state index contributed by atoms with van der Waals surface area (Å²) in [6.45, 7) is 20.5. The molecule has 0 aromatic carbocycles. The van der Waals surface area contributed by atoms with Gasteiger partial charge in [0.1, 0.15) is 0 Å². The Morgan fingerprint density at radius 3 is 1.85 bits per heavy atom. The zero-order chi connectivity index (χ0) is 15.2. The molecule has 0 bridgehead atoms. The summed E-state index contributed by atoms with van der Waals surface area (Å²) in [7, 11) is 0. The van der Waals surface area contributed by atoms with E-state index in [9.17, 15) is 0 Å². The van der Waals surface area contributed by atoms with Crippen LogP contribution >= 0.6 is 0 Å². The lowest BCUT2D eigenvalue weighted by Crippen LogP contribution is -2.43. The monoisotopic (exact) mass is 282 g/mol. The van der Waals surface area contributed by atoms with Crippen molar-refractivity contribution in [2.75, 3.05) is 32.7 Å². The van der Waals surface area contributed by atoms with Gasteiger partial charge in [-0.15, -0.1) is 0 Å². The van der Waals surface area contributed by atoms with Gasteiger partial charge in [-0.05, 0) is 62.1 Å². The first-order valence-corrected chi connectivity index (χ1v) is 8.79. The molecule has 0 radical (unpaired) electrons. The minimum absolute atomic E-state index is 0.508. The van der Waals surface area contributed by atoms with E-state index in [-0.39, 0.29) is 0 Å². The molecule has 0 amide bonds. The Morgan fingerprint density at radius 2 is 1.50 bits per heavy atom. The Balaban J connectivity index is 2.60. The van der Waals surface area contributed by atoms with Crippen LogP contribution < -0.4 is 5.32 Å². The van der Waals surface area contributed by atoms with E-state index in [1.807, 2.05) is 0 Å². The molecule has 2 nitrogen and oxygen atoms in total. The van der Waals surface area contributed by atoms with Gasteiger partial charge in [-0.1, -0.05) is 41.5 Å². The lowest BCUT2D eigenvalue weighted by atomic mass is 9.76. The summed E-state index contributed by atoms with van der Waals surface area (Å²) in [5, 5.41) is 3.60. The summed E-state index contributed by atoms with van der Waals surface area (Å²) in [6, 6.07) is 0. The van der Waals surface area contributed by atoms with Crippen LogP contribution in [-0.4, -0.2) is 37.6 Å². The highest BCUT2D eigenvalue weighted by Gasteiger charge is 2.38. The van der Waals surface area contributed by atoms with Crippen molar-refractivity contribution in [2.45, 2.75) is 60.8 Å². The number of nitrogens with zero attached hydrogens (tertiary/aromatic N) is 1. The zero-order valence-electron chi connectivity index (χ0n) is 14.8. The topological polar surface area (TPSA) is 15.3 Å². The van der Waals surface area contributed by atoms with Gasteiger partial charge in [0.25, 0.3) is 0 Å². The standard InChI is InChI=1S/C18H38N2/c1-15(2)7-11-20(12-8-16(3)4)14-18(17(5)6)9-10-19-13-18/h15-17,19H,7-14H2,1-6H3. The van der Waals surface area contributed by atoms with Gasteiger partial charge in [0, 0.05) is 13.1 Å². The maximum absolute atomic E-state index is 3.60. The zero-order valence-corrected chi connectivity index (χ0v) is 14.8. The number of hydrogen-bond donors (Lipinski definition) is 1. The molecule has 1 aliphatic heterocycles. The largest absolute Gasteiger partial charge is 0.316 e. The van der Waals surface area contributed by atoms with Gasteiger partial charge in [-0.2, -0.15) is 0 Å². The number of nitrogens with one attached hydrogen (secondary N) is 1. The molecule has 0 aromatic rings. The Morgan fingerprint density at radius 1 is 0.950 bits per heavy atom. The normalized spacial score (nSPS) is 23.7. The lowest BCUT2D eigenvalue weighted by molar-refractivity contribution is 0.109. The fourth-order valence-electron chi connectivity index (χ4n) is 3.17. The average Bonchev–Trinajstić information content (AvgIpc) is 2.82. The summed E-state index contributed by atoms with van der Waals surface area (Å²) in [4.78, 5) is 2.76. The summed E-state index contributed by atoms with van der Waals surface area (Å²) in [5.41, 5.74) is 0.508. The van der Waals surface area contributed by atoms with Crippen LogP contribution in [0.4, 0.5) is 0 Å². The van der Waals surface area contributed by atoms with Crippen molar-refractivity contribution in [1.29, 1.82) is 0 Å². The molecule has 1 N–H and O–H groups in total. The summed E-state index contributed by atoms with van der Waals surface area (Å²) >= 11 is 0. The highest BCUT2D eigenvalue weighted by Crippen LogP contribution is 2.35. The van der Waals surface area contributed by atoms with Gasteiger partial charge >= 0.3 is 0 Å². The molecule has 1 atom stereocenters. The third-order valence-corrected chi connectivity index (χ3v) is 5.09. The molecule has 0 spiro atoms. The Bertz CT molecular complexity index is 240. The second kappa shape index (κ2) is 8.38. The molecule has 1 rings (SSSR count). The highest BCUT2D eigenvalue weighted by atomic mass is 15.1. The van der Waals surface area contributed by atoms with Gasteiger partial charge in [0.05, 0.1) is 0 Å². The molecule has 1 unspecified atom stereocenters. The van der Waals surface area contributed by atoms with Crippen LogP contribution in [0.2, 0.25) is 0 Å². The van der Waals surface area contributed by atoms with Gasteiger partial charge < -0.3 is 10.2 Å². The third-order valence-electron chi connectivity index (χ3n) is 5.09. The SMILES string of the molecule is CC(C)CCN(CCC(C)C)CC1(C(C)C)CCNC1. The minimum Gasteiger partial charge on any atom is -0.316 e. The molecule has 120 valence electrons. The molecule has 0 saturated carbocycles. The highest BCUT2D eigenvalue weighted by molar-refractivity contribution is 4.92. The second-order valence-electron chi connectivity index (χ2n) is 8.09.